The number of pyridine rings is 1. The minimum atomic E-state index is -4.30. The summed E-state index contributed by atoms with van der Waals surface area (Å²) < 4.78 is 53.0. The highest BCUT2D eigenvalue weighted by molar-refractivity contribution is 5.83. The van der Waals surface area contributed by atoms with Crippen molar-refractivity contribution in [1.29, 1.82) is 0 Å². The molecule has 0 aliphatic carbocycles. The molecule has 0 saturated carbocycles. The number of H-pyrrole nitrogens is 1. The van der Waals surface area contributed by atoms with Gasteiger partial charge < -0.3 is 4.90 Å². The summed E-state index contributed by atoms with van der Waals surface area (Å²) in [4.78, 5) is 8.43. The van der Waals surface area contributed by atoms with E-state index in [0.29, 0.717) is 24.5 Å². The van der Waals surface area contributed by atoms with E-state index in [4.69, 9.17) is 0 Å². The number of fused-ring (bicyclic) bond motifs is 3. The first-order valence-corrected chi connectivity index (χ1v) is 11.8. The van der Waals surface area contributed by atoms with Crippen LogP contribution in [0.5, 0.6) is 0 Å². The van der Waals surface area contributed by atoms with Crippen molar-refractivity contribution in [2.75, 3.05) is 32.9 Å². The normalized spacial score (nSPS) is 22.1. The van der Waals surface area contributed by atoms with Crippen molar-refractivity contribution in [2.24, 2.45) is 5.92 Å². The summed E-state index contributed by atoms with van der Waals surface area (Å²) in [6.07, 6.45) is 1.23. The number of halogens is 4. The number of nitrogens with zero attached hydrogens (tertiary/aromatic N) is 4. The number of hydrogen-bond acceptors (Lipinski definition) is 4. The number of rotatable bonds is 7. The maximum Gasteiger partial charge on any atom is 0.401 e. The van der Waals surface area contributed by atoms with Crippen molar-refractivity contribution >= 4 is 10.9 Å². The van der Waals surface area contributed by atoms with E-state index in [1.165, 1.54) is 4.90 Å². The molecule has 5 rings (SSSR count). The molecule has 5 nitrogen and oxygen atoms in total. The number of hydrogen-bond donors (Lipinski definition) is 1. The summed E-state index contributed by atoms with van der Waals surface area (Å²) in [5.41, 5.74) is 4.49. The molecule has 0 unspecified atom stereocenters. The smallest absolute Gasteiger partial charge is 0.303 e. The van der Waals surface area contributed by atoms with Gasteiger partial charge in [-0.2, -0.15) is 18.3 Å². The zero-order valence-corrected chi connectivity index (χ0v) is 19.2. The van der Waals surface area contributed by atoms with Crippen molar-refractivity contribution in [3.63, 3.8) is 0 Å². The number of likely N-dealkylation sites (tertiary alicyclic amines) is 1. The molecule has 2 aliphatic heterocycles. The van der Waals surface area contributed by atoms with Crippen LogP contribution in [0, 0.1) is 5.92 Å². The highest BCUT2D eigenvalue weighted by Gasteiger charge is 2.41. The van der Waals surface area contributed by atoms with Gasteiger partial charge in [0.05, 0.1) is 36.7 Å². The van der Waals surface area contributed by atoms with Gasteiger partial charge in [0.2, 0.25) is 0 Å². The molecule has 34 heavy (non-hydrogen) atoms. The monoisotopic (exact) mass is 475 g/mol. The molecule has 4 heterocycles. The zero-order chi connectivity index (χ0) is 23.9. The molecule has 2 atom stereocenters. The van der Waals surface area contributed by atoms with Crippen LogP contribution in [0.2, 0.25) is 0 Å². The molecule has 1 aromatic carbocycles. The van der Waals surface area contributed by atoms with Gasteiger partial charge in [-0.3, -0.25) is 19.4 Å². The molecule has 0 amide bonds. The first-order chi connectivity index (χ1) is 16.3. The predicted octanol–water partition coefficient (Wildman–Crippen LogP) is 4.69. The Morgan fingerprint density at radius 3 is 2.65 bits per heavy atom. The fraction of sp³-hybridized carbons (Fsp3) is 0.520. The lowest BCUT2D eigenvalue weighted by Crippen LogP contribution is -2.48. The topological polar surface area (TPSA) is 48.1 Å². The van der Waals surface area contributed by atoms with Crippen LogP contribution in [0.1, 0.15) is 41.8 Å². The molecule has 1 fully saturated rings. The van der Waals surface area contributed by atoms with Crippen LogP contribution in [0.15, 0.2) is 36.7 Å². The predicted molar refractivity (Wildman–Crippen MR) is 122 cm³/mol. The van der Waals surface area contributed by atoms with E-state index in [9.17, 15) is 17.6 Å². The van der Waals surface area contributed by atoms with E-state index in [1.807, 2.05) is 31.2 Å². The van der Waals surface area contributed by atoms with Gasteiger partial charge in [0.15, 0.2) is 0 Å². The molecular formula is C25H29F4N5. The fourth-order valence-electron chi connectivity index (χ4n) is 5.53. The Morgan fingerprint density at radius 1 is 1.12 bits per heavy atom. The van der Waals surface area contributed by atoms with Crippen LogP contribution >= 0.6 is 0 Å². The number of nitrogens with one attached hydrogen (secondary N) is 1. The lowest BCUT2D eigenvalue weighted by molar-refractivity contribution is -0.155. The van der Waals surface area contributed by atoms with Gasteiger partial charge in [-0.05, 0) is 60.9 Å². The first kappa shape index (κ1) is 23.2. The summed E-state index contributed by atoms with van der Waals surface area (Å²) >= 11 is 0. The molecule has 2 aromatic heterocycles. The molecule has 1 N–H and O–H groups in total. The Balaban J connectivity index is 1.40. The highest BCUT2D eigenvalue weighted by atomic mass is 19.4. The molecule has 2 aliphatic rings. The summed E-state index contributed by atoms with van der Waals surface area (Å²) in [7, 11) is 0. The highest BCUT2D eigenvalue weighted by Crippen LogP contribution is 2.41. The SMILES string of the molecule is C[C@@H]1Cc2c(ccc3[nH]ncc23)[C@@H](c2ccc(CC3CN(CCCF)C3)cn2)N1CC(F)(F)F. The largest absolute Gasteiger partial charge is 0.401 e. The quantitative estimate of drug-likeness (QED) is 0.504. The molecule has 0 radical (unpaired) electrons. The number of aromatic amines is 1. The van der Waals surface area contributed by atoms with E-state index in [2.05, 4.69) is 20.1 Å². The third kappa shape index (κ3) is 4.68. The second kappa shape index (κ2) is 9.26. The van der Waals surface area contributed by atoms with Crippen LogP contribution in [0.3, 0.4) is 0 Å². The van der Waals surface area contributed by atoms with Crippen molar-refractivity contribution in [1.82, 2.24) is 25.0 Å². The maximum absolute atomic E-state index is 13.5. The Morgan fingerprint density at radius 2 is 1.94 bits per heavy atom. The Hall–Kier alpha value is -2.52. The van der Waals surface area contributed by atoms with Crippen molar-refractivity contribution in [3.05, 3.63) is 59.0 Å². The number of aromatic nitrogens is 3. The molecular weight excluding hydrogens is 446 g/mol. The van der Waals surface area contributed by atoms with Crippen LogP contribution < -0.4 is 0 Å². The molecule has 0 spiro atoms. The Kier molecular flexibility index (Phi) is 6.33. The Bertz CT molecular complexity index is 1120. The fourth-order valence-corrected chi connectivity index (χ4v) is 5.53. The third-order valence-corrected chi connectivity index (χ3v) is 7.12. The van der Waals surface area contributed by atoms with Crippen molar-refractivity contribution in [3.8, 4) is 0 Å². The second-order valence-electron chi connectivity index (χ2n) is 9.67. The van der Waals surface area contributed by atoms with E-state index in [0.717, 1.165) is 53.6 Å². The Labute approximate surface area is 196 Å². The zero-order valence-electron chi connectivity index (χ0n) is 19.2. The average molecular weight is 476 g/mol. The minimum absolute atomic E-state index is 0.285. The lowest BCUT2D eigenvalue weighted by Gasteiger charge is -2.42. The van der Waals surface area contributed by atoms with Gasteiger partial charge >= 0.3 is 6.18 Å². The lowest BCUT2D eigenvalue weighted by atomic mass is 9.85. The molecule has 182 valence electrons. The van der Waals surface area contributed by atoms with Gasteiger partial charge in [0.25, 0.3) is 0 Å². The van der Waals surface area contributed by atoms with Gasteiger partial charge in [0.1, 0.15) is 0 Å². The van der Waals surface area contributed by atoms with Crippen LogP contribution in [0.4, 0.5) is 17.6 Å². The average Bonchev–Trinajstić information content (AvgIpc) is 3.25. The number of benzene rings is 1. The standard InChI is InChI=1S/C25H29F4N5/c1-16-9-20-19(4-6-22-21(20)12-31-32-22)24(34(16)15-25(27,28)29)23-5-3-17(11-30-23)10-18-13-33(14-18)8-2-7-26/h3-6,11-12,16,18,24H,2,7-10,13-15H2,1H3,(H,31,32)/t16-,24+/m1/s1. The third-order valence-electron chi connectivity index (χ3n) is 7.12. The van der Waals surface area contributed by atoms with Crippen molar-refractivity contribution < 1.29 is 17.6 Å². The summed E-state index contributed by atoms with van der Waals surface area (Å²) in [6, 6.07) is 6.79. The molecule has 9 heteroatoms. The number of alkyl halides is 4. The van der Waals surface area contributed by atoms with Crippen LogP contribution in [-0.2, 0) is 12.8 Å². The summed E-state index contributed by atoms with van der Waals surface area (Å²) in [5.74, 6) is 0.513. The van der Waals surface area contributed by atoms with Gasteiger partial charge in [-0.15, -0.1) is 0 Å². The second-order valence-corrected chi connectivity index (χ2v) is 9.67. The molecule has 1 saturated heterocycles. The van der Waals surface area contributed by atoms with Gasteiger partial charge in [0, 0.05) is 37.3 Å². The van der Waals surface area contributed by atoms with Gasteiger partial charge in [-0.25, -0.2) is 0 Å². The summed E-state index contributed by atoms with van der Waals surface area (Å²) in [5, 5.41) is 8.05. The molecule has 0 bridgehead atoms. The van der Waals surface area contributed by atoms with Crippen LogP contribution in [0.25, 0.3) is 10.9 Å². The van der Waals surface area contributed by atoms with E-state index in [-0.39, 0.29) is 12.7 Å². The van der Waals surface area contributed by atoms with E-state index >= 15 is 0 Å². The van der Waals surface area contributed by atoms with Crippen molar-refractivity contribution in [2.45, 2.75) is 44.4 Å². The maximum atomic E-state index is 13.5. The van der Waals surface area contributed by atoms with Gasteiger partial charge in [-0.1, -0.05) is 12.1 Å². The summed E-state index contributed by atoms with van der Waals surface area (Å²) in [6.45, 7) is 3.28. The van der Waals surface area contributed by atoms with E-state index in [1.54, 1.807) is 12.4 Å². The van der Waals surface area contributed by atoms with E-state index < -0.39 is 18.8 Å². The first-order valence-electron chi connectivity index (χ1n) is 11.8. The molecule has 3 aromatic rings. The minimum Gasteiger partial charge on any atom is -0.303 e. The van der Waals surface area contributed by atoms with Crippen LogP contribution in [-0.4, -0.2) is 70.1 Å².